The van der Waals surface area contributed by atoms with Crippen molar-refractivity contribution in [1.82, 2.24) is 0 Å². The molecule has 55 valence electrons. The van der Waals surface area contributed by atoms with Crippen molar-refractivity contribution in [3.05, 3.63) is 0 Å². The maximum atomic E-state index is 8.68. The van der Waals surface area contributed by atoms with Crippen LogP contribution < -0.4 is 0 Å². The topological polar surface area (TPSA) is 51.2 Å². The second-order valence-corrected chi connectivity index (χ2v) is 0.612. The Morgan fingerprint density at radius 3 is 0.700 bits per heavy atom. The van der Waals surface area contributed by atoms with Gasteiger partial charge in [-0.25, -0.2) is 0 Å². The average Bonchev–Trinajstić information content (AvgIpc) is 1.70. The third kappa shape index (κ3) is 32800. The monoisotopic (exact) mass is 219 g/mol. The first kappa shape index (κ1) is 22.5. The zero-order chi connectivity index (χ0) is 8.12. The van der Waals surface area contributed by atoms with Crippen LogP contribution in [-0.4, -0.2) is 18.9 Å². The Bertz CT molecular complexity index is 49.7. The molecule has 0 aliphatic carbocycles. The summed E-state index contributed by atoms with van der Waals surface area (Å²) < 4.78 is 0. The predicted octanol–water partition coefficient (Wildman–Crippen LogP) is 0.346. The van der Waals surface area contributed by atoms with E-state index in [0.29, 0.717) is 0 Å². The van der Waals surface area contributed by atoms with Gasteiger partial charge < -0.3 is 14.4 Å². The minimum absolute atomic E-state index is 0. The zero-order valence-electron chi connectivity index (χ0n) is 6.22. The quantitative estimate of drug-likeness (QED) is 0.553. The number of hydrogen-bond acceptors (Lipinski definition) is 3. The second kappa shape index (κ2) is 66.2. The molecule has 0 N–H and O–H groups in total. The van der Waals surface area contributed by atoms with Crippen LogP contribution in [-0.2, 0) is 40.6 Å². The van der Waals surface area contributed by atoms with E-state index in [1.807, 2.05) is 0 Å². The molecule has 0 bridgehead atoms. The van der Waals surface area contributed by atoms with Crippen LogP contribution in [0.1, 0.15) is 20.8 Å². The van der Waals surface area contributed by atoms with E-state index in [-0.39, 0.29) is 26.2 Å². The van der Waals surface area contributed by atoms with Crippen LogP contribution in [0.4, 0.5) is 0 Å². The first-order chi connectivity index (χ1) is 4.24. The van der Waals surface area contributed by atoms with Gasteiger partial charge in [0.15, 0.2) is 0 Å². The molecule has 0 aliphatic heterocycles. The third-order valence-corrected chi connectivity index (χ3v) is 0. The number of carbonyl (C=O) groups excluding carboxylic acids is 3. The minimum Gasteiger partial charge on any atom is -0.542 e. The SMILES string of the molecule is C[C-]=O.C[C-]=O.C[C-]=O.[Zr+3]. The molecule has 0 rings (SSSR count). The van der Waals surface area contributed by atoms with E-state index in [0.717, 1.165) is 0 Å². The maximum absolute atomic E-state index is 8.68. The van der Waals surface area contributed by atoms with Gasteiger partial charge in [-0.2, -0.15) is 20.8 Å². The van der Waals surface area contributed by atoms with Gasteiger partial charge in [0, 0.05) is 0 Å². The Labute approximate surface area is 80.3 Å². The smallest absolute Gasteiger partial charge is 0.542 e. The Morgan fingerprint density at radius 2 is 0.700 bits per heavy atom. The standard InChI is InChI=1S/3C2H3O.Zr/c3*1-2-3;/h3*1H3;/q3*-1;+3. The summed E-state index contributed by atoms with van der Waals surface area (Å²) in [7, 11) is 0. The number of rotatable bonds is 0. The molecule has 4 heteroatoms. The van der Waals surface area contributed by atoms with Gasteiger partial charge in [0.2, 0.25) is 0 Å². The molecular formula is C6H9O3Zr. The largest absolute Gasteiger partial charge is 3.00 e. The zero-order valence-corrected chi connectivity index (χ0v) is 8.68. The Morgan fingerprint density at radius 1 is 0.700 bits per heavy atom. The van der Waals surface area contributed by atoms with E-state index in [1.165, 1.54) is 39.6 Å². The van der Waals surface area contributed by atoms with E-state index >= 15 is 0 Å². The van der Waals surface area contributed by atoms with E-state index in [4.69, 9.17) is 14.4 Å². The third-order valence-electron chi connectivity index (χ3n) is 0. The first-order valence-electron chi connectivity index (χ1n) is 2.11. The molecule has 10 heavy (non-hydrogen) atoms. The molecule has 0 aromatic carbocycles. The summed E-state index contributed by atoms with van der Waals surface area (Å²) in [5.74, 6) is 0. The molecule has 1 radical (unpaired) electrons. The first-order valence-corrected chi connectivity index (χ1v) is 2.11. The van der Waals surface area contributed by atoms with Crippen LogP contribution in [0.15, 0.2) is 0 Å². The fourth-order valence-corrected chi connectivity index (χ4v) is 0. The van der Waals surface area contributed by atoms with E-state index in [2.05, 4.69) is 0 Å². The Hall–Kier alpha value is -0.107. The van der Waals surface area contributed by atoms with Crippen molar-refractivity contribution in [3.63, 3.8) is 0 Å². The van der Waals surface area contributed by atoms with Gasteiger partial charge in [-0.1, -0.05) is 0 Å². The molecule has 0 saturated heterocycles. The van der Waals surface area contributed by atoms with Crippen molar-refractivity contribution in [1.29, 1.82) is 0 Å². The van der Waals surface area contributed by atoms with Crippen molar-refractivity contribution in [2.45, 2.75) is 20.8 Å². The molecule has 0 heterocycles. The van der Waals surface area contributed by atoms with Gasteiger partial charge in [-0.15, -0.1) is 0 Å². The van der Waals surface area contributed by atoms with Crippen LogP contribution in [0.3, 0.4) is 0 Å². The summed E-state index contributed by atoms with van der Waals surface area (Å²) in [5, 5.41) is 0. The van der Waals surface area contributed by atoms with Gasteiger partial charge in [-0.05, 0) is 0 Å². The second-order valence-electron chi connectivity index (χ2n) is 0.612. The fourth-order valence-electron chi connectivity index (χ4n) is 0. The molecule has 0 saturated carbocycles. The van der Waals surface area contributed by atoms with Crippen molar-refractivity contribution in [2.75, 3.05) is 0 Å². The molecule has 0 aromatic heterocycles. The number of hydrogen-bond donors (Lipinski definition) is 0. The summed E-state index contributed by atoms with van der Waals surface area (Å²) in [6.07, 6.45) is 4.50. The molecule has 0 amide bonds. The Kier molecular flexibility index (Phi) is 149. The summed E-state index contributed by atoms with van der Waals surface area (Å²) >= 11 is 0. The van der Waals surface area contributed by atoms with Gasteiger partial charge in [-0.3, -0.25) is 18.9 Å². The molecule has 0 atom stereocenters. The molecule has 3 nitrogen and oxygen atoms in total. The summed E-state index contributed by atoms with van der Waals surface area (Å²) in [6.45, 7) is 3.96. The van der Waals surface area contributed by atoms with Crippen LogP contribution in [0.25, 0.3) is 0 Å². The van der Waals surface area contributed by atoms with Gasteiger partial charge in [0.05, 0.1) is 0 Å². The van der Waals surface area contributed by atoms with Gasteiger partial charge in [0.25, 0.3) is 0 Å². The van der Waals surface area contributed by atoms with Crippen LogP contribution >= 0.6 is 0 Å². The summed E-state index contributed by atoms with van der Waals surface area (Å²) in [4.78, 5) is 26.0. The molecule has 0 fully saturated rings. The Balaban J connectivity index is -0.0000000257. The normalized spacial score (nSPS) is 3.90. The van der Waals surface area contributed by atoms with Crippen LogP contribution in [0.2, 0.25) is 0 Å². The average molecular weight is 220 g/mol. The van der Waals surface area contributed by atoms with Crippen molar-refractivity contribution in [2.24, 2.45) is 0 Å². The van der Waals surface area contributed by atoms with E-state index in [9.17, 15) is 0 Å². The van der Waals surface area contributed by atoms with Crippen molar-refractivity contribution < 1.29 is 40.6 Å². The predicted molar refractivity (Wildman–Crippen MR) is 34.1 cm³/mol. The van der Waals surface area contributed by atoms with Crippen molar-refractivity contribution in [3.8, 4) is 0 Å². The minimum atomic E-state index is 0. The molecule has 0 aromatic rings. The maximum Gasteiger partial charge on any atom is 3.00 e. The molecule has 0 unspecified atom stereocenters. The van der Waals surface area contributed by atoms with E-state index in [1.54, 1.807) is 0 Å². The molecule has 0 spiro atoms. The fraction of sp³-hybridized carbons (Fsp3) is 0.500. The molecular weight excluding hydrogens is 211 g/mol. The van der Waals surface area contributed by atoms with Crippen molar-refractivity contribution >= 4 is 18.9 Å². The molecule has 0 aliphatic rings. The summed E-state index contributed by atoms with van der Waals surface area (Å²) in [6, 6.07) is 0. The summed E-state index contributed by atoms with van der Waals surface area (Å²) in [5.41, 5.74) is 0. The van der Waals surface area contributed by atoms with Gasteiger partial charge >= 0.3 is 26.2 Å². The van der Waals surface area contributed by atoms with Crippen LogP contribution in [0.5, 0.6) is 0 Å². The van der Waals surface area contributed by atoms with E-state index < -0.39 is 0 Å². The van der Waals surface area contributed by atoms with Crippen LogP contribution in [0, 0.1) is 0 Å². The van der Waals surface area contributed by atoms with Gasteiger partial charge in [0.1, 0.15) is 0 Å².